The summed E-state index contributed by atoms with van der Waals surface area (Å²) in [5.41, 5.74) is 1.08. The second-order valence-corrected chi connectivity index (χ2v) is 6.69. The van der Waals surface area contributed by atoms with Gasteiger partial charge in [-0.25, -0.2) is 9.97 Å². The van der Waals surface area contributed by atoms with Crippen LogP contribution in [0.1, 0.15) is 34.8 Å². The van der Waals surface area contributed by atoms with Gasteiger partial charge in [0.15, 0.2) is 6.39 Å². The Hall–Kier alpha value is -2.48. The third-order valence-corrected chi connectivity index (χ3v) is 4.65. The lowest BCUT2D eigenvalue weighted by molar-refractivity contribution is -0.174. The van der Waals surface area contributed by atoms with Crippen molar-refractivity contribution < 1.29 is 18.7 Å². The zero-order valence-electron chi connectivity index (χ0n) is 14.3. The monoisotopic (exact) mass is 344 g/mol. The molecule has 0 N–H and O–H groups in total. The zero-order chi connectivity index (χ0) is 17.4. The highest BCUT2D eigenvalue weighted by molar-refractivity contribution is 5.93. The fourth-order valence-corrected chi connectivity index (χ4v) is 3.42. The molecule has 4 heterocycles. The first-order valence-corrected chi connectivity index (χ1v) is 8.33. The van der Waals surface area contributed by atoms with Gasteiger partial charge >= 0.3 is 0 Å². The minimum Gasteiger partial charge on any atom is -0.473 e. The molecule has 0 bridgehead atoms. The zero-order valence-corrected chi connectivity index (χ0v) is 14.3. The number of amides is 1. The van der Waals surface area contributed by atoms with E-state index in [1.807, 2.05) is 6.92 Å². The molecule has 2 aromatic heterocycles. The quantitative estimate of drug-likeness (QED) is 0.834. The number of nitrogens with zero attached hydrogens (tertiary/aromatic N) is 4. The van der Waals surface area contributed by atoms with Crippen LogP contribution in [-0.2, 0) is 4.74 Å². The van der Waals surface area contributed by atoms with Crippen LogP contribution in [0.5, 0.6) is 5.88 Å². The number of carbonyl (C=O) groups is 1. The molecule has 1 spiro atoms. The first-order valence-electron chi connectivity index (χ1n) is 8.33. The summed E-state index contributed by atoms with van der Waals surface area (Å²) in [4.78, 5) is 26.6. The summed E-state index contributed by atoms with van der Waals surface area (Å²) in [5, 5.41) is 0. The number of aromatic nitrogens is 3. The van der Waals surface area contributed by atoms with Gasteiger partial charge in [-0.3, -0.25) is 9.78 Å². The van der Waals surface area contributed by atoms with E-state index in [0.717, 1.165) is 18.5 Å². The topological polar surface area (TPSA) is 90.6 Å². The van der Waals surface area contributed by atoms with Crippen LogP contribution < -0.4 is 4.74 Å². The van der Waals surface area contributed by atoms with Crippen molar-refractivity contribution in [2.45, 2.75) is 38.4 Å². The van der Waals surface area contributed by atoms with Gasteiger partial charge in [0.05, 0.1) is 37.3 Å². The molecule has 25 heavy (non-hydrogen) atoms. The van der Waals surface area contributed by atoms with E-state index in [2.05, 4.69) is 15.0 Å². The number of aryl methyl sites for hydroxylation is 2. The van der Waals surface area contributed by atoms with Gasteiger partial charge in [-0.1, -0.05) is 0 Å². The maximum atomic E-state index is 12.4. The van der Waals surface area contributed by atoms with Crippen LogP contribution in [0.15, 0.2) is 23.2 Å². The molecule has 8 nitrogen and oxygen atoms in total. The summed E-state index contributed by atoms with van der Waals surface area (Å²) in [6, 6.07) is 0. The molecule has 2 aliphatic heterocycles. The first-order chi connectivity index (χ1) is 12.0. The Morgan fingerprint density at radius 2 is 2.20 bits per heavy atom. The third-order valence-electron chi connectivity index (χ3n) is 4.65. The van der Waals surface area contributed by atoms with E-state index in [-0.39, 0.29) is 17.6 Å². The Labute approximate surface area is 145 Å². The van der Waals surface area contributed by atoms with Crippen molar-refractivity contribution in [3.63, 3.8) is 0 Å². The summed E-state index contributed by atoms with van der Waals surface area (Å²) < 4.78 is 17.1. The van der Waals surface area contributed by atoms with Crippen LogP contribution in [0.25, 0.3) is 0 Å². The Bertz CT molecular complexity index is 784. The van der Waals surface area contributed by atoms with Crippen molar-refractivity contribution in [1.29, 1.82) is 0 Å². The molecule has 2 fully saturated rings. The Morgan fingerprint density at radius 3 is 2.92 bits per heavy atom. The van der Waals surface area contributed by atoms with Crippen LogP contribution in [0, 0.1) is 13.8 Å². The molecule has 0 saturated carbocycles. The molecule has 0 radical (unpaired) electrons. The second-order valence-electron chi connectivity index (χ2n) is 6.69. The van der Waals surface area contributed by atoms with E-state index in [1.54, 1.807) is 24.2 Å². The van der Waals surface area contributed by atoms with E-state index in [0.29, 0.717) is 37.0 Å². The number of ether oxygens (including phenoxy) is 2. The molecule has 2 aromatic rings. The summed E-state index contributed by atoms with van der Waals surface area (Å²) >= 11 is 0. The van der Waals surface area contributed by atoms with Crippen LogP contribution >= 0.6 is 0 Å². The summed E-state index contributed by atoms with van der Waals surface area (Å²) in [6.45, 7) is 5.31. The molecular formula is C17H20N4O4. The Morgan fingerprint density at radius 1 is 1.36 bits per heavy atom. The molecule has 2 aliphatic rings. The number of carbonyl (C=O) groups excluding carboxylic acids is 1. The third kappa shape index (κ3) is 3.09. The van der Waals surface area contributed by atoms with Crippen molar-refractivity contribution in [3.8, 4) is 5.88 Å². The predicted molar refractivity (Wildman–Crippen MR) is 86.2 cm³/mol. The van der Waals surface area contributed by atoms with Gasteiger partial charge in [-0.05, 0) is 13.8 Å². The van der Waals surface area contributed by atoms with Crippen LogP contribution in [-0.4, -0.2) is 57.2 Å². The summed E-state index contributed by atoms with van der Waals surface area (Å²) in [6.07, 6.45) is 6.14. The SMILES string of the molecule is Cc1cncc(OC2CCOC3(C2)CN(C(=O)c2ocnc2C)C3)n1. The average Bonchev–Trinajstić information content (AvgIpc) is 2.98. The highest BCUT2D eigenvalue weighted by atomic mass is 16.5. The predicted octanol–water partition coefficient (Wildman–Crippen LogP) is 1.53. The molecule has 1 atom stereocenters. The molecule has 2 saturated heterocycles. The van der Waals surface area contributed by atoms with Crippen molar-refractivity contribution in [1.82, 2.24) is 19.9 Å². The van der Waals surface area contributed by atoms with E-state index < -0.39 is 0 Å². The first kappa shape index (κ1) is 16.0. The Balaban J connectivity index is 1.38. The lowest BCUT2D eigenvalue weighted by Crippen LogP contribution is -2.67. The summed E-state index contributed by atoms with van der Waals surface area (Å²) in [7, 11) is 0. The largest absolute Gasteiger partial charge is 0.473 e. The van der Waals surface area contributed by atoms with Crippen molar-refractivity contribution in [2.75, 3.05) is 19.7 Å². The molecule has 1 amide bonds. The van der Waals surface area contributed by atoms with Crippen LogP contribution in [0.4, 0.5) is 0 Å². The molecule has 0 aromatic carbocycles. The summed E-state index contributed by atoms with van der Waals surface area (Å²) in [5.74, 6) is 0.692. The van der Waals surface area contributed by atoms with Gasteiger partial charge < -0.3 is 18.8 Å². The van der Waals surface area contributed by atoms with Crippen LogP contribution in [0.3, 0.4) is 0 Å². The molecule has 4 rings (SSSR count). The Kier molecular flexibility index (Phi) is 3.91. The van der Waals surface area contributed by atoms with Crippen LogP contribution in [0.2, 0.25) is 0 Å². The lowest BCUT2D eigenvalue weighted by atomic mass is 9.84. The van der Waals surface area contributed by atoms with E-state index in [4.69, 9.17) is 13.9 Å². The molecule has 8 heteroatoms. The standard InChI is InChI=1S/C17H20N4O4/c1-11-6-18-7-14(20-11)25-13-3-4-24-17(5-13)8-21(9-17)16(22)15-12(2)19-10-23-15/h6-7,10,13H,3-5,8-9H2,1-2H3. The molecule has 1 unspecified atom stereocenters. The normalized spacial score (nSPS) is 21.8. The van der Waals surface area contributed by atoms with Gasteiger partial charge in [-0.15, -0.1) is 0 Å². The number of rotatable bonds is 3. The fourth-order valence-electron chi connectivity index (χ4n) is 3.42. The van der Waals surface area contributed by atoms with Gasteiger partial charge in [0.1, 0.15) is 11.7 Å². The van der Waals surface area contributed by atoms with E-state index in [9.17, 15) is 4.79 Å². The average molecular weight is 344 g/mol. The van der Waals surface area contributed by atoms with Gasteiger partial charge in [0.2, 0.25) is 11.6 Å². The maximum Gasteiger partial charge on any atom is 0.291 e. The fraction of sp³-hybridized carbons (Fsp3) is 0.529. The highest BCUT2D eigenvalue weighted by Gasteiger charge is 2.50. The maximum absolute atomic E-state index is 12.4. The lowest BCUT2D eigenvalue weighted by Gasteiger charge is -2.52. The van der Waals surface area contributed by atoms with Gasteiger partial charge in [0.25, 0.3) is 5.91 Å². The minimum atomic E-state index is -0.343. The minimum absolute atomic E-state index is 0.00844. The van der Waals surface area contributed by atoms with E-state index >= 15 is 0 Å². The molecular weight excluding hydrogens is 324 g/mol. The highest BCUT2D eigenvalue weighted by Crippen LogP contribution is 2.36. The van der Waals surface area contributed by atoms with Gasteiger partial charge in [0, 0.05) is 19.0 Å². The molecule has 0 aliphatic carbocycles. The molecule has 132 valence electrons. The van der Waals surface area contributed by atoms with Crippen molar-refractivity contribution >= 4 is 5.91 Å². The second kappa shape index (κ2) is 6.11. The number of likely N-dealkylation sites (tertiary alicyclic amines) is 1. The van der Waals surface area contributed by atoms with E-state index in [1.165, 1.54) is 6.39 Å². The number of oxazole rings is 1. The van der Waals surface area contributed by atoms with Gasteiger partial charge in [-0.2, -0.15) is 0 Å². The number of hydrogen-bond donors (Lipinski definition) is 0. The number of hydrogen-bond acceptors (Lipinski definition) is 7. The van der Waals surface area contributed by atoms with Crippen molar-refractivity contribution in [2.24, 2.45) is 0 Å². The van der Waals surface area contributed by atoms with Crippen molar-refractivity contribution in [3.05, 3.63) is 35.9 Å². The smallest absolute Gasteiger partial charge is 0.291 e.